The Labute approximate surface area is 100 Å². The summed E-state index contributed by atoms with van der Waals surface area (Å²) in [6.07, 6.45) is 0. The van der Waals surface area contributed by atoms with Gasteiger partial charge in [0.2, 0.25) is 0 Å². The number of guanidine groups is 1. The minimum absolute atomic E-state index is 0.175. The van der Waals surface area contributed by atoms with Crippen molar-refractivity contribution in [3.63, 3.8) is 0 Å². The first-order valence-corrected chi connectivity index (χ1v) is 5.38. The van der Waals surface area contributed by atoms with Gasteiger partial charge in [0.05, 0.1) is 0 Å². The minimum Gasteiger partial charge on any atom is -0.378 e. The lowest BCUT2D eigenvalue weighted by molar-refractivity contribution is -0.123. The Kier molecular flexibility index (Phi) is 2.53. The van der Waals surface area contributed by atoms with Gasteiger partial charge >= 0.3 is 0 Å². The first-order chi connectivity index (χ1) is 7.93. The highest BCUT2D eigenvalue weighted by molar-refractivity contribution is 6.06. The molecule has 1 aromatic rings. The van der Waals surface area contributed by atoms with Gasteiger partial charge < -0.3 is 10.6 Å². The molecule has 0 aromatic heterocycles. The summed E-state index contributed by atoms with van der Waals surface area (Å²) >= 11 is 0. The van der Waals surface area contributed by atoms with Gasteiger partial charge in [0, 0.05) is 19.8 Å². The number of amides is 1. The molecule has 1 aliphatic rings. The van der Waals surface area contributed by atoms with Crippen molar-refractivity contribution in [1.29, 1.82) is 0 Å². The highest BCUT2D eigenvalue weighted by Crippen LogP contribution is 2.29. The highest BCUT2D eigenvalue weighted by Gasteiger charge is 2.39. The van der Waals surface area contributed by atoms with Crippen LogP contribution in [0.4, 0.5) is 5.69 Å². The molecule has 5 nitrogen and oxygen atoms in total. The van der Waals surface area contributed by atoms with E-state index in [2.05, 4.69) is 10.3 Å². The first-order valence-electron chi connectivity index (χ1n) is 5.38. The highest BCUT2D eigenvalue weighted by atomic mass is 16.2. The van der Waals surface area contributed by atoms with Crippen molar-refractivity contribution in [1.82, 2.24) is 5.32 Å². The monoisotopic (exact) mass is 232 g/mol. The van der Waals surface area contributed by atoms with Gasteiger partial charge in [-0.15, -0.1) is 0 Å². The lowest BCUT2D eigenvalue weighted by atomic mass is 9.92. The third-order valence-corrected chi connectivity index (χ3v) is 2.97. The largest absolute Gasteiger partial charge is 0.378 e. The Morgan fingerprint density at radius 3 is 2.29 bits per heavy atom. The van der Waals surface area contributed by atoms with Crippen LogP contribution in [0, 0.1) is 0 Å². The fraction of sp³-hybridized carbons (Fsp3) is 0.333. The SMILES string of the molecule is CN(C)c1ccc(C2(C)N=C(N)NC2=O)cc1. The number of aliphatic imine (C=N–C) groups is 1. The summed E-state index contributed by atoms with van der Waals surface area (Å²) in [6, 6.07) is 7.71. The van der Waals surface area contributed by atoms with Gasteiger partial charge in [0.1, 0.15) is 0 Å². The van der Waals surface area contributed by atoms with Crippen molar-refractivity contribution >= 4 is 17.6 Å². The number of carbonyl (C=O) groups is 1. The molecule has 2 rings (SSSR count). The molecule has 0 radical (unpaired) electrons. The smallest absolute Gasteiger partial charge is 0.259 e. The molecule has 5 heteroatoms. The van der Waals surface area contributed by atoms with Gasteiger partial charge in [0.15, 0.2) is 11.5 Å². The number of anilines is 1. The molecule has 0 aliphatic carbocycles. The van der Waals surface area contributed by atoms with E-state index < -0.39 is 5.54 Å². The Morgan fingerprint density at radius 2 is 1.88 bits per heavy atom. The summed E-state index contributed by atoms with van der Waals surface area (Å²) in [4.78, 5) is 18.0. The number of benzene rings is 1. The zero-order valence-corrected chi connectivity index (χ0v) is 10.2. The maximum absolute atomic E-state index is 11.8. The lowest BCUT2D eigenvalue weighted by Gasteiger charge is -2.19. The molecule has 1 unspecified atom stereocenters. The standard InChI is InChI=1S/C12H16N4O/c1-12(10(17)14-11(13)15-12)8-4-6-9(7-5-8)16(2)3/h4-7H,1-3H3,(H3,13,14,15,17). The first kappa shape index (κ1) is 11.4. The molecule has 0 fully saturated rings. The van der Waals surface area contributed by atoms with Gasteiger partial charge in [-0.1, -0.05) is 12.1 Å². The summed E-state index contributed by atoms with van der Waals surface area (Å²) in [6.45, 7) is 1.76. The number of rotatable bonds is 2. The van der Waals surface area contributed by atoms with Crippen LogP contribution in [0.5, 0.6) is 0 Å². The van der Waals surface area contributed by atoms with Gasteiger partial charge in [0.25, 0.3) is 5.91 Å². The van der Waals surface area contributed by atoms with Crippen LogP contribution in [-0.4, -0.2) is 26.0 Å². The molecule has 0 spiro atoms. The van der Waals surface area contributed by atoms with Crippen LogP contribution >= 0.6 is 0 Å². The predicted octanol–water partition coefficient (Wildman–Crippen LogP) is 0.412. The number of hydrogen-bond acceptors (Lipinski definition) is 4. The fourth-order valence-corrected chi connectivity index (χ4v) is 1.84. The molecule has 1 amide bonds. The van der Waals surface area contributed by atoms with Crippen molar-refractivity contribution in [2.24, 2.45) is 10.7 Å². The van der Waals surface area contributed by atoms with E-state index in [-0.39, 0.29) is 11.9 Å². The topological polar surface area (TPSA) is 70.7 Å². The van der Waals surface area contributed by atoms with E-state index in [0.717, 1.165) is 11.3 Å². The second-order valence-electron chi connectivity index (χ2n) is 4.46. The summed E-state index contributed by atoms with van der Waals surface area (Å²) in [5.74, 6) is -0.0122. The van der Waals surface area contributed by atoms with Crippen LogP contribution < -0.4 is 16.0 Å². The zero-order valence-electron chi connectivity index (χ0n) is 10.2. The Bertz CT molecular complexity index is 478. The Morgan fingerprint density at radius 1 is 1.29 bits per heavy atom. The molecule has 1 aromatic carbocycles. The Balaban J connectivity index is 2.38. The van der Waals surface area contributed by atoms with E-state index in [1.807, 2.05) is 43.3 Å². The van der Waals surface area contributed by atoms with Crippen LogP contribution in [0.25, 0.3) is 0 Å². The molecule has 0 saturated carbocycles. The van der Waals surface area contributed by atoms with Crippen LogP contribution in [-0.2, 0) is 10.3 Å². The summed E-state index contributed by atoms with van der Waals surface area (Å²) in [5, 5.41) is 2.52. The number of nitrogens with one attached hydrogen (secondary N) is 1. The zero-order chi connectivity index (χ0) is 12.6. The van der Waals surface area contributed by atoms with E-state index in [9.17, 15) is 4.79 Å². The molecule has 90 valence electrons. The van der Waals surface area contributed by atoms with Crippen molar-refractivity contribution in [3.05, 3.63) is 29.8 Å². The molecule has 1 heterocycles. The number of nitrogens with zero attached hydrogens (tertiary/aromatic N) is 2. The van der Waals surface area contributed by atoms with E-state index >= 15 is 0 Å². The average molecular weight is 232 g/mol. The summed E-state index contributed by atoms with van der Waals surface area (Å²) in [7, 11) is 3.93. The van der Waals surface area contributed by atoms with E-state index in [1.165, 1.54) is 0 Å². The second kappa shape index (κ2) is 3.76. The van der Waals surface area contributed by atoms with Crippen LogP contribution in [0.2, 0.25) is 0 Å². The second-order valence-corrected chi connectivity index (χ2v) is 4.46. The van der Waals surface area contributed by atoms with Crippen molar-refractivity contribution in [3.8, 4) is 0 Å². The van der Waals surface area contributed by atoms with E-state index in [0.29, 0.717) is 0 Å². The van der Waals surface area contributed by atoms with Crippen molar-refractivity contribution in [2.45, 2.75) is 12.5 Å². The maximum Gasteiger partial charge on any atom is 0.259 e. The molecular weight excluding hydrogens is 216 g/mol. The molecule has 0 bridgehead atoms. The van der Waals surface area contributed by atoms with Crippen LogP contribution in [0.15, 0.2) is 29.3 Å². The Hall–Kier alpha value is -2.04. The predicted molar refractivity (Wildman–Crippen MR) is 67.9 cm³/mol. The van der Waals surface area contributed by atoms with Crippen LogP contribution in [0.1, 0.15) is 12.5 Å². The van der Waals surface area contributed by atoms with Gasteiger partial charge in [-0.2, -0.15) is 0 Å². The lowest BCUT2D eigenvalue weighted by Crippen LogP contribution is -2.37. The average Bonchev–Trinajstić information content (AvgIpc) is 2.54. The van der Waals surface area contributed by atoms with Crippen molar-refractivity contribution in [2.75, 3.05) is 19.0 Å². The molecule has 17 heavy (non-hydrogen) atoms. The number of hydrogen-bond donors (Lipinski definition) is 2. The van der Waals surface area contributed by atoms with Gasteiger partial charge in [-0.25, -0.2) is 4.99 Å². The van der Waals surface area contributed by atoms with Crippen LogP contribution in [0.3, 0.4) is 0 Å². The summed E-state index contributed by atoms with van der Waals surface area (Å²) in [5.41, 5.74) is 6.53. The van der Waals surface area contributed by atoms with E-state index in [1.54, 1.807) is 6.92 Å². The maximum atomic E-state index is 11.8. The normalized spacial score (nSPS) is 23.2. The summed E-state index contributed by atoms with van der Waals surface area (Å²) < 4.78 is 0. The number of nitrogens with two attached hydrogens (primary N) is 1. The van der Waals surface area contributed by atoms with Gasteiger partial charge in [-0.05, 0) is 24.6 Å². The third-order valence-electron chi connectivity index (χ3n) is 2.97. The van der Waals surface area contributed by atoms with E-state index in [4.69, 9.17) is 5.73 Å². The molecule has 1 aliphatic heterocycles. The van der Waals surface area contributed by atoms with Crippen molar-refractivity contribution < 1.29 is 4.79 Å². The minimum atomic E-state index is -0.908. The molecule has 3 N–H and O–H groups in total. The number of carbonyl (C=O) groups excluding carboxylic acids is 1. The quantitative estimate of drug-likeness (QED) is 0.776. The third kappa shape index (κ3) is 1.84. The fourth-order valence-electron chi connectivity index (χ4n) is 1.84. The molecule has 1 atom stereocenters. The molecule has 0 saturated heterocycles. The van der Waals surface area contributed by atoms with Gasteiger partial charge in [-0.3, -0.25) is 10.1 Å². The molecular formula is C12H16N4O.